The minimum absolute atomic E-state index is 0. The van der Waals surface area contributed by atoms with E-state index in [1.807, 2.05) is 0 Å². The van der Waals surface area contributed by atoms with Gasteiger partial charge in [-0.3, -0.25) is 0 Å². The molecule has 7 radical (unpaired) electrons. The Morgan fingerprint density at radius 3 is 1.00 bits per heavy atom. The molecular weight excluding hydrogens is 498 g/mol. The predicted octanol–water partition coefficient (Wildman–Crippen LogP) is 7.31. The molecule has 0 nitrogen and oxygen atoms in total. The zero-order valence-electron chi connectivity index (χ0n) is 19.5. The minimum atomic E-state index is -1.62. The van der Waals surface area contributed by atoms with Gasteiger partial charge in [-0.2, -0.15) is 0 Å². The van der Waals surface area contributed by atoms with Crippen molar-refractivity contribution in [1.29, 1.82) is 0 Å². The number of unbranched alkanes of at least 4 members (excludes halogenated alkanes) is 2. The fourth-order valence-electron chi connectivity index (χ4n) is 3.12. The molecule has 3 aromatic rings. The zero-order valence-corrected chi connectivity index (χ0v) is 23.2. The quantitative estimate of drug-likeness (QED) is 0.218. The van der Waals surface area contributed by atoms with E-state index in [1.165, 1.54) is 28.8 Å². The van der Waals surface area contributed by atoms with E-state index in [1.54, 1.807) is 0 Å². The largest absolute Gasteiger partial charge is 0.112 e. The third-order valence-electron chi connectivity index (χ3n) is 4.79. The molecule has 0 aromatic heterocycles. The molecule has 0 saturated heterocycles. The Hall–Kier alpha value is -1.11. The van der Waals surface area contributed by atoms with Crippen molar-refractivity contribution in [2.75, 3.05) is 6.16 Å². The maximum Gasteiger partial charge on any atom is 0.112 e. The van der Waals surface area contributed by atoms with Crippen LogP contribution in [-0.2, 0) is 0 Å². The smallest absolute Gasteiger partial charge is 0.0654 e. The van der Waals surface area contributed by atoms with Crippen LogP contribution in [0.25, 0.3) is 0 Å². The molecule has 0 saturated carbocycles. The average Bonchev–Trinajstić information content (AvgIpc) is 2.84. The van der Waals surface area contributed by atoms with Gasteiger partial charge < -0.3 is 0 Å². The van der Waals surface area contributed by atoms with Crippen molar-refractivity contribution in [3.05, 3.63) is 112 Å². The van der Waals surface area contributed by atoms with Crippen molar-refractivity contribution in [2.24, 2.45) is 0 Å². The molecule has 0 atom stereocenters. The summed E-state index contributed by atoms with van der Waals surface area (Å²) in [7, 11) is -1.62. The number of benzene rings is 3. The van der Waals surface area contributed by atoms with E-state index >= 15 is 0 Å². The van der Waals surface area contributed by atoms with Crippen LogP contribution in [0.3, 0.4) is 0 Å². The third kappa shape index (κ3) is 9.50. The van der Waals surface area contributed by atoms with Crippen molar-refractivity contribution in [1.82, 2.24) is 0 Å². The predicted molar refractivity (Wildman–Crippen MR) is 148 cm³/mol. The molecule has 0 aliphatic rings. The Balaban J connectivity index is 0. The summed E-state index contributed by atoms with van der Waals surface area (Å²) in [6, 6.07) is 32.9. The van der Waals surface area contributed by atoms with Gasteiger partial charge in [-0.1, -0.05) is 108 Å². The second-order valence-corrected chi connectivity index (χ2v) is 10.7. The summed E-state index contributed by atoms with van der Waals surface area (Å²) in [6.07, 6.45) is 6.59. The van der Waals surface area contributed by atoms with Crippen molar-refractivity contribution in [2.45, 2.75) is 46.0 Å². The molecule has 31 heavy (non-hydrogen) atoms. The van der Waals surface area contributed by atoms with E-state index in [0.29, 0.717) is 0 Å². The molecule has 3 aromatic carbocycles. The van der Waals surface area contributed by atoms with Crippen LogP contribution in [0.4, 0.5) is 0 Å². The van der Waals surface area contributed by atoms with E-state index in [-0.39, 0.29) is 25.3 Å². The Kier molecular flexibility index (Phi) is 17.8. The van der Waals surface area contributed by atoms with Crippen LogP contribution >= 0.6 is 7.26 Å². The minimum Gasteiger partial charge on any atom is -0.0654 e. The number of hydrogen-bond donors (Lipinski definition) is 0. The standard InChI is InChI=1S/C21H21P.2C4H9.Sn.H2/c1-2-18-22(19-12-6-3-7-13-19,20-14-8-4-9-15-20)21-16-10-5-11-17-21;2*1-3-4-2;;/h3-17H,1-2,18H2;2*1,3-4H2,2H3;;1H/q+1;;;;. The van der Waals surface area contributed by atoms with E-state index < -0.39 is 7.26 Å². The van der Waals surface area contributed by atoms with Crippen molar-refractivity contribution in [3.63, 3.8) is 0 Å². The van der Waals surface area contributed by atoms with Gasteiger partial charge in [0.2, 0.25) is 0 Å². The molecule has 0 N–H and O–H groups in total. The first-order valence-electron chi connectivity index (χ1n) is 11.1. The van der Waals surface area contributed by atoms with Gasteiger partial charge in [-0.25, -0.2) is 0 Å². The van der Waals surface area contributed by atoms with Gasteiger partial charge in [0, 0.05) is 25.3 Å². The van der Waals surface area contributed by atoms with Crippen molar-refractivity contribution in [3.8, 4) is 0 Å². The molecule has 0 amide bonds. The van der Waals surface area contributed by atoms with E-state index in [0.717, 1.165) is 25.4 Å². The summed E-state index contributed by atoms with van der Waals surface area (Å²) in [6.45, 7) is 15.6. The van der Waals surface area contributed by atoms with E-state index in [9.17, 15) is 0 Å². The molecule has 0 heterocycles. The maximum atomic E-state index is 4.17. The fourth-order valence-corrected chi connectivity index (χ4v) is 7.31. The van der Waals surface area contributed by atoms with Crippen LogP contribution < -0.4 is 15.9 Å². The summed E-state index contributed by atoms with van der Waals surface area (Å²) < 4.78 is 0. The van der Waals surface area contributed by atoms with Crippen LogP contribution in [-0.4, -0.2) is 30.1 Å². The molecule has 0 fully saturated rings. The molecule has 0 aliphatic heterocycles. The van der Waals surface area contributed by atoms with Crippen molar-refractivity contribution >= 4 is 47.1 Å². The van der Waals surface area contributed by atoms with Gasteiger partial charge in [-0.05, 0) is 49.7 Å². The maximum absolute atomic E-state index is 4.17. The fraction of sp³-hybridized carbons (Fsp3) is 0.276. The SMILES string of the molecule is [CH2]CCC.[CH2]CCC.[CH2]CC[P+](c1ccccc1)(c1ccccc1)c1ccccc1.[HH].[Sn]. The van der Waals surface area contributed by atoms with Crippen molar-refractivity contribution < 1.29 is 1.43 Å². The third-order valence-corrected chi connectivity index (χ3v) is 9.32. The van der Waals surface area contributed by atoms with Gasteiger partial charge >= 0.3 is 0 Å². The first-order chi connectivity index (χ1) is 14.7. The van der Waals surface area contributed by atoms with Gasteiger partial charge in [0.25, 0.3) is 0 Å². The summed E-state index contributed by atoms with van der Waals surface area (Å²) in [4.78, 5) is 0. The van der Waals surface area contributed by atoms with E-state index in [4.69, 9.17) is 0 Å². The summed E-state index contributed by atoms with van der Waals surface area (Å²) in [5.74, 6) is 0. The number of hydrogen-bond acceptors (Lipinski definition) is 0. The van der Waals surface area contributed by atoms with Gasteiger partial charge in [0.1, 0.15) is 23.2 Å². The Morgan fingerprint density at radius 2 is 0.806 bits per heavy atom. The Labute approximate surface area is 211 Å². The Morgan fingerprint density at radius 1 is 0.548 bits per heavy atom. The summed E-state index contributed by atoms with van der Waals surface area (Å²) in [5, 5.41) is 4.32. The summed E-state index contributed by atoms with van der Waals surface area (Å²) >= 11 is 0. The van der Waals surface area contributed by atoms with E-state index in [2.05, 4.69) is 126 Å². The first-order valence-corrected chi connectivity index (χ1v) is 13.1. The normalized spacial score (nSPS) is 9.97. The molecule has 2 heteroatoms. The van der Waals surface area contributed by atoms with Crippen LogP contribution in [0.5, 0.6) is 0 Å². The van der Waals surface area contributed by atoms with Gasteiger partial charge in [0.15, 0.2) is 0 Å². The van der Waals surface area contributed by atoms with Crippen LogP contribution in [0, 0.1) is 20.8 Å². The topological polar surface area (TPSA) is 0 Å². The second-order valence-electron chi connectivity index (χ2n) is 7.10. The van der Waals surface area contributed by atoms with Gasteiger partial charge in [-0.15, -0.1) is 0 Å². The average molecular weight is 539 g/mol. The summed E-state index contributed by atoms with van der Waals surface area (Å²) in [5.41, 5.74) is 0. The van der Waals surface area contributed by atoms with Gasteiger partial charge in [0.05, 0.1) is 6.16 Å². The molecule has 0 bridgehead atoms. The molecular formula is C29H41PSn+. The second kappa shape index (κ2) is 18.5. The van der Waals surface area contributed by atoms with Crippen LogP contribution in [0.1, 0.15) is 47.4 Å². The zero-order chi connectivity index (χ0) is 22.1. The number of rotatable bonds is 7. The molecule has 0 spiro atoms. The molecule has 0 aliphatic carbocycles. The monoisotopic (exact) mass is 540 g/mol. The molecule has 3 rings (SSSR count). The molecule has 0 unspecified atom stereocenters. The Bertz CT molecular complexity index is 658. The van der Waals surface area contributed by atoms with Crippen LogP contribution in [0.2, 0.25) is 0 Å². The molecule has 165 valence electrons. The van der Waals surface area contributed by atoms with Crippen LogP contribution in [0.15, 0.2) is 91.0 Å². The first kappa shape index (κ1) is 29.9.